The number of rotatable bonds is 0. The standard InChI is InChI=1S/C10H16.CH4O/c1-3-9(4-1)7-10(8-9)5-2-6-10;1-2/h1-8H2;2H,1H3. The number of hydrogen-bond donors (Lipinski definition) is 1. The van der Waals surface area contributed by atoms with Crippen molar-refractivity contribution >= 4 is 0 Å². The second-order valence-corrected chi connectivity index (χ2v) is 5.06. The minimum atomic E-state index is 0.931. The zero-order valence-corrected chi connectivity index (χ0v) is 8.10. The summed E-state index contributed by atoms with van der Waals surface area (Å²) in [6, 6.07) is 0. The molecule has 0 radical (unpaired) electrons. The van der Waals surface area contributed by atoms with Crippen LogP contribution >= 0.6 is 0 Å². The van der Waals surface area contributed by atoms with Gasteiger partial charge in [0, 0.05) is 7.11 Å². The topological polar surface area (TPSA) is 20.2 Å². The maximum atomic E-state index is 7.00. The fourth-order valence-corrected chi connectivity index (χ4v) is 3.60. The van der Waals surface area contributed by atoms with Crippen LogP contribution in [0.4, 0.5) is 0 Å². The van der Waals surface area contributed by atoms with Crippen molar-refractivity contribution in [1.29, 1.82) is 0 Å². The molecule has 3 rings (SSSR count). The molecule has 1 N–H and O–H groups in total. The fraction of sp³-hybridized carbons (Fsp3) is 1.00. The summed E-state index contributed by atoms with van der Waals surface area (Å²) >= 11 is 0. The van der Waals surface area contributed by atoms with Crippen molar-refractivity contribution in [3.63, 3.8) is 0 Å². The van der Waals surface area contributed by atoms with Crippen LogP contribution in [0.2, 0.25) is 0 Å². The summed E-state index contributed by atoms with van der Waals surface area (Å²) in [5.41, 5.74) is 1.86. The molecule has 3 aliphatic rings. The van der Waals surface area contributed by atoms with E-state index in [0.29, 0.717) is 0 Å². The summed E-state index contributed by atoms with van der Waals surface area (Å²) in [6.07, 6.45) is 12.6. The Morgan fingerprint density at radius 3 is 1.25 bits per heavy atom. The molecule has 0 atom stereocenters. The molecule has 0 saturated heterocycles. The minimum Gasteiger partial charge on any atom is -0.400 e. The first-order chi connectivity index (χ1) is 5.83. The molecule has 0 bridgehead atoms. The summed E-state index contributed by atoms with van der Waals surface area (Å²) in [7, 11) is 1.00. The van der Waals surface area contributed by atoms with Crippen molar-refractivity contribution in [1.82, 2.24) is 0 Å². The van der Waals surface area contributed by atoms with Crippen LogP contribution in [0.1, 0.15) is 51.4 Å². The van der Waals surface area contributed by atoms with Crippen LogP contribution in [0, 0.1) is 10.8 Å². The van der Waals surface area contributed by atoms with Gasteiger partial charge in [0.25, 0.3) is 0 Å². The Morgan fingerprint density at radius 2 is 1.08 bits per heavy atom. The molecular weight excluding hydrogens is 148 g/mol. The van der Waals surface area contributed by atoms with Crippen LogP contribution in [-0.2, 0) is 0 Å². The van der Waals surface area contributed by atoms with Gasteiger partial charge in [-0.3, -0.25) is 0 Å². The minimum absolute atomic E-state index is 0.931. The van der Waals surface area contributed by atoms with Gasteiger partial charge in [0.15, 0.2) is 0 Å². The van der Waals surface area contributed by atoms with E-state index in [2.05, 4.69) is 0 Å². The highest BCUT2D eigenvalue weighted by molar-refractivity contribution is 5.09. The molecule has 0 aromatic heterocycles. The number of aliphatic hydroxyl groups excluding tert-OH is 1. The average Bonchev–Trinajstić information content (AvgIpc) is 1.83. The summed E-state index contributed by atoms with van der Waals surface area (Å²) in [5, 5.41) is 7.00. The van der Waals surface area contributed by atoms with Crippen LogP contribution in [0.15, 0.2) is 0 Å². The Labute approximate surface area is 75.2 Å². The van der Waals surface area contributed by atoms with E-state index in [9.17, 15) is 0 Å². The zero-order valence-electron chi connectivity index (χ0n) is 8.10. The summed E-state index contributed by atoms with van der Waals surface area (Å²) < 4.78 is 0. The van der Waals surface area contributed by atoms with Crippen molar-refractivity contribution in [2.24, 2.45) is 10.8 Å². The van der Waals surface area contributed by atoms with Gasteiger partial charge in [0.2, 0.25) is 0 Å². The van der Waals surface area contributed by atoms with E-state index >= 15 is 0 Å². The van der Waals surface area contributed by atoms with Gasteiger partial charge in [-0.25, -0.2) is 0 Å². The van der Waals surface area contributed by atoms with E-state index < -0.39 is 0 Å². The quantitative estimate of drug-likeness (QED) is 0.589. The van der Waals surface area contributed by atoms with E-state index in [1.54, 1.807) is 38.5 Å². The smallest absolute Gasteiger partial charge is 0.0319 e. The van der Waals surface area contributed by atoms with Crippen molar-refractivity contribution in [2.75, 3.05) is 7.11 Å². The van der Waals surface area contributed by atoms with Gasteiger partial charge in [0.1, 0.15) is 0 Å². The van der Waals surface area contributed by atoms with Crippen molar-refractivity contribution in [3.8, 4) is 0 Å². The first-order valence-electron chi connectivity index (χ1n) is 5.28. The predicted molar refractivity (Wildman–Crippen MR) is 49.9 cm³/mol. The largest absolute Gasteiger partial charge is 0.400 e. The molecule has 3 saturated carbocycles. The number of hydrogen-bond acceptors (Lipinski definition) is 1. The second kappa shape index (κ2) is 2.73. The lowest BCUT2D eigenvalue weighted by Crippen LogP contribution is -2.53. The molecule has 3 aliphatic carbocycles. The highest BCUT2D eigenvalue weighted by Gasteiger charge is 2.58. The fourth-order valence-electron chi connectivity index (χ4n) is 3.60. The van der Waals surface area contributed by atoms with Crippen LogP contribution < -0.4 is 0 Å². The predicted octanol–water partition coefficient (Wildman–Crippen LogP) is 2.73. The molecule has 3 fully saturated rings. The molecule has 0 aromatic carbocycles. The monoisotopic (exact) mass is 168 g/mol. The lowest BCUT2D eigenvalue weighted by molar-refractivity contribution is -0.139. The van der Waals surface area contributed by atoms with Gasteiger partial charge < -0.3 is 5.11 Å². The van der Waals surface area contributed by atoms with E-state index in [0.717, 1.165) is 17.9 Å². The molecule has 12 heavy (non-hydrogen) atoms. The van der Waals surface area contributed by atoms with Crippen molar-refractivity contribution < 1.29 is 5.11 Å². The summed E-state index contributed by atoms with van der Waals surface area (Å²) in [5.74, 6) is 0. The maximum Gasteiger partial charge on any atom is 0.0319 e. The van der Waals surface area contributed by atoms with Crippen LogP contribution in [0.3, 0.4) is 0 Å². The molecule has 0 amide bonds. The van der Waals surface area contributed by atoms with Crippen LogP contribution in [0.5, 0.6) is 0 Å². The van der Waals surface area contributed by atoms with E-state index in [-0.39, 0.29) is 0 Å². The van der Waals surface area contributed by atoms with Gasteiger partial charge >= 0.3 is 0 Å². The number of aliphatic hydroxyl groups is 1. The Kier molecular flexibility index (Phi) is 1.95. The first kappa shape index (κ1) is 8.55. The van der Waals surface area contributed by atoms with Gasteiger partial charge in [-0.15, -0.1) is 0 Å². The van der Waals surface area contributed by atoms with Gasteiger partial charge in [-0.1, -0.05) is 12.8 Å². The van der Waals surface area contributed by atoms with Crippen LogP contribution in [0.25, 0.3) is 0 Å². The summed E-state index contributed by atoms with van der Waals surface area (Å²) in [6.45, 7) is 0. The van der Waals surface area contributed by atoms with Gasteiger partial charge in [0.05, 0.1) is 0 Å². The second-order valence-electron chi connectivity index (χ2n) is 5.06. The van der Waals surface area contributed by atoms with E-state index in [1.807, 2.05) is 0 Å². The van der Waals surface area contributed by atoms with Crippen molar-refractivity contribution in [2.45, 2.75) is 51.4 Å². The molecular formula is C11H20O. The SMILES string of the molecule is C1CC2(C1)CC1(CCC1)C2.CO. The molecule has 1 heteroatoms. The Morgan fingerprint density at radius 1 is 0.750 bits per heavy atom. The molecule has 0 aromatic rings. The van der Waals surface area contributed by atoms with Crippen LogP contribution in [-0.4, -0.2) is 12.2 Å². The Hall–Kier alpha value is -0.0400. The molecule has 0 unspecified atom stereocenters. The Balaban J connectivity index is 0.000000264. The average molecular weight is 168 g/mol. The first-order valence-corrected chi connectivity index (χ1v) is 5.28. The summed E-state index contributed by atoms with van der Waals surface area (Å²) in [4.78, 5) is 0. The highest BCUT2D eigenvalue weighted by Crippen LogP contribution is 2.70. The zero-order chi connectivity index (χ0) is 8.66. The molecule has 2 spiro atoms. The third kappa shape index (κ3) is 1.02. The normalized spacial score (nSPS) is 32.5. The molecule has 0 aliphatic heterocycles. The third-order valence-corrected chi connectivity index (χ3v) is 4.33. The lowest BCUT2D eigenvalue weighted by Gasteiger charge is -2.65. The third-order valence-electron chi connectivity index (χ3n) is 4.33. The highest BCUT2D eigenvalue weighted by atomic mass is 16.2. The molecule has 0 heterocycles. The molecule has 1 nitrogen and oxygen atoms in total. The molecule has 70 valence electrons. The van der Waals surface area contributed by atoms with E-state index in [1.165, 1.54) is 12.8 Å². The van der Waals surface area contributed by atoms with Crippen molar-refractivity contribution in [3.05, 3.63) is 0 Å². The van der Waals surface area contributed by atoms with E-state index in [4.69, 9.17) is 5.11 Å². The lowest BCUT2D eigenvalue weighted by atomic mass is 9.40. The maximum absolute atomic E-state index is 7.00. The van der Waals surface area contributed by atoms with Gasteiger partial charge in [-0.05, 0) is 49.4 Å². The van der Waals surface area contributed by atoms with Gasteiger partial charge in [-0.2, -0.15) is 0 Å². The Bertz CT molecular complexity index is 138.